The summed E-state index contributed by atoms with van der Waals surface area (Å²) >= 11 is 0. The van der Waals surface area contributed by atoms with Gasteiger partial charge in [0.25, 0.3) is 0 Å². The normalized spacial score (nSPS) is 13.0. The number of fused-ring (bicyclic) bond motifs is 1. The van der Waals surface area contributed by atoms with E-state index in [2.05, 4.69) is 50.0 Å². The minimum absolute atomic E-state index is 0.633. The lowest BCUT2D eigenvalue weighted by Gasteiger charge is -2.10. The summed E-state index contributed by atoms with van der Waals surface area (Å²) in [5, 5.41) is 1.29. The zero-order valence-corrected chi connectivity index (χ0v) is 9.62. The van der Waals surface area contributed by atoms with Crippen LogP contribution in [0.3, 0.4) is 0 Å². The minimum atomic E-state index is 0.633. The molecule has 0 aliphatic heterocycles. The predicted octanol–water partition coefficient (Wildman–Crippen LogP) is 4.06. The molecule has 0 fully saturated rings. The first kappa shape index (κ1) is 10.2. The molecule has 1 heterocycles. The van der Waals surface area contributed by atoms with Crippen molar-refractivity contribution in [3.63, 3.8) is 0 Å². The van der Waals surface area contributed by atoms with Gasteiger partial charge in [-0.1, -0.05) is 19.9 Å². The van der Waals surface area contributed by atoms with E-state index in [4.69, 9.17) is 0 Å². The van der Waals surface area contributed by atoms with E-state index in [1.54, 1.807) is 0 Å². The van der Waals surface area contributed by atoms with Gasteiger partial charge in [0, 0.05) is 11.6 Å². The van der Waals surface area contributed by atoms with Crippen molar-refractivity contribution >= 4 is 10.9 Å². The zero-order valence-electron chi connectivity index (χ0n) is 9.62. The number of benzene rings is 1. The van der Waals surface area contributed by atoms with Gasteiger partial charge in [0.1, 0.15) is 0 Å². The van der Waals surface area contributed by atoms with Crippen molar-refractivity contribution in [3.8, 4) is 0 Å². The van der Waals surface area contributed by atoms with Gasteiger partial charge in [-0.05, 0) is 48.6 Å². The molecule has 0 aliphatic carbocycles. The molecule has 0 aliphatic rings. The number of pyridine rings is 1. The van der Waals surface area contributed by atoms with Crippen LogP contribution >= 0.6 is 0 Å². The summed E-state index contributed by atoms with van der Waals surface area (Å²) in [6.07, 6.45) is 3.06. The molecule has 1 heteroatoms. The maximum Gasteiger partial charge on any atom is 0.0704 e. The van der Waals surface area contributed by atoms with Crippen LogP contribution in [0.1, 0.15) is 37.3 Å². The van der Waals surface area contributed by atoms with Gasteiger partial charge in [-0.2, -0.15) is 0 Å². The van der Waals surface area contributed by atoms with E-state index in [1.165, 1.54) is 22.9 Å². The van der Waals surface area contributed by atoms with Crippen LogP contribution in [0.4, 0.5) is 0 Å². The SMILES string of the molecule is CC[C@@H](C)c1ccc2nccc(C)c2c1. The van der Waals surface area contributed by atoms with Crippen molar-refractivity contribution in [1.82, 2.24) is 4.98 Å². The highest BCUT2D eigenvalue weighted by Crippen LogP contribution is 2.24. The molecule has 0 radical (unpaired) electrons. The lowest BCUT2D eigenvalue weighted by atomic mass is 9.96. The van der Waals surface area contributed by atoms with Crippen LogP contribution in [0.25, 0.3) is 10.9 Å². The summed E-state index contributed by atoms with van der Waals surface area (Å²) in [5.41, 5.74) is 3.83. The molecule has 2 rings (SSSR count). The molecule has 0 amide bonds. The Bertz CT molecular complexity index is 474. The number of nitrogens with zero attached hydrogens (tertiary/aromatic N) is 1. The second-order valence-corrected chi connectivity index (χ2v) is 4.21. The van der Waals surface area contributed by atoms with Crippen LogP contribution in [0.5, 0.6) is 0 Å². The Morgan fingerprint density at radius 1 is 1.27 bits per heavy atom. The number of aromatic nitrogens is 1. The average molecular weight is 199 g/mol. The Hall–Kier alpha value is -1.37. The van der Waals surface area contributed by atoms with Crippen molar-refractivity contribution in [3.05, 3.63) is 41.6 Å². The van der Waals surface area contributed by atoms with E-state index in [-0.39, 0.29) is 0 Å². The summed E-state index contributed by atoms with van der Waals surface area (Å²) in [4.78, 5) is 4.37. The Balaban J connectivity index is 2.59. The molecule has 78 valence electrons. The standard InChI is InChI=1S/C14H17N/c1-4-10(2)12-5-6-14-13(9-12)11(3)7-8-15-14/h5-10H,4H2,1-3H3/t10-/m1/s1. The smallest absolute Gasteiger partial charge is 0.0704 e. The minimum Gasteiger partial charge on any atom is -0.256 e. The average Bonchev–Trinajstić information content (AvgIpc) is 2.28. The monoisotopic (exact) mass is 199 g/mol. The quantitative estimate of drug-likeness (QED) is 0.710. The number of hydrogen-bond donors (Lipinski definition) is 0. The third-order valence-electron chi connectivity index (χ3n) is 3.17. The largest absolute Gasteiger partial charge is 0.256 e. The van der Waals surface area contributed by atoms with Crippen molar-refractivity contribution in [2.24, 2.45) is 0 Å². The molecular weight excluding hydrogens is 182 g/mol. The van der Waals surface area contributed by atoms with Gasteiger partial charge in [0.05, 0.1) is 5.52 Å². The highest BCUT2D eigenvalue weighted by molar-refractivity contribution is 5.82. The number of rotatable bonds is 2. The van der Waals surface area contributed by atoms with Gasteiger partial charge in [-0.15, -0.1) is 0 Å². The van der Waals surface area contributed by atoms with Gasteiger partial charge in [-0.25, -0.2) is 0 Å². The first-order chi connectivity index (χ1) is 7.22. The Morgan fingerprint density at radius 2 is 2.07 bits per heavy atom. The first-order valence-corrected chi connectivity index (χ1v) is 5.57. The van der Waals surface area contributed by atoms with E-state index >= 15 is 0 Å². The lowest BCUT2D eigenvalue weighted by molar-refractivity contribution is 0.734. The van der Waals surface area contributed by atoms with E-state index in [0.29, 0.717) is 5.92 Å². The Morgan fingerprint density at radius 3 is 2.80 bits per heavy atom. The molecule has 0 spiro atoms. The van der Waals surface area contributed by atoms with Gasteiger partial charge < -0.3 is 0 Å². The highest BCUT2D eigenvalue weighted by Gasteiger charge is 2.05. The van der Waals surface area contributed by atoms with E-state index in [9.17, 15) is 0 Å². The van der Waals surface area contributed by atoms with Crippen molar-refractivity contribution < 1.29 is 0 Å². The van der Waals surface area contributed by atoms with Crippen LogP contribution < -0.4 is 0 Å². The van der Waals surface area contributed by atoms with Crippen LogP contribution in [0.15, 0.2) is 30.5 Å². The Labute approximate surface area is 91.2 Å². The molecule has 0 N–H and O–H groups in total. The molecule has 1 aromatic carbocycles. The third-order valence-corrected chi connectivity index (χ3v) is 3.17. The van der Waals surface area contributed by atoms with Gasteiger partial charge in [0.2, 0.25) is 0 Å². The summed E-state index contributed by atoms with van der Waals surface area (Å²) < 4.78 is 0. The fourth-order valence-electron chi connectivity index (χ4n) is 1.84. The first-order valence-electron chi connectivity index (χ1n) is 5.57. The third kappa shape index (κ3) is 1.87. The fraction of sp³-hybridized carbons (Fsp3) is 0.357. The molecule has 0 saturated heterocycles. The molecular formula is C14H17N. The summed E-state index contributed by atoms with van der Waals surface area (Å²) in [6, 6.07) is 8.68. The molecule has 1 aromatic heterocycles. The summed E-state index contributed by atoms with van der Waals surface area (Å²) in [5.74, 6) is 0.633. The molecule has 1 nitrogen and oxygen atoms in total. The van der Waals surface area contributed by atoms with Crippen LogP contribution in [0.2, 0.25) is 0 Å². The summed E-state index contributed by atoms with van der Waals surface area (Å²) in [6.45, 7) is 6.64. The molecule has 15 heavy (non-hydrogen) atoms. The fourth-order valence-corrected chi connectivity index (χ4v) is 1.84. The van der Waals surface area contributed by atoms with Crippen LogP contribution in [-0.4, -0.2) is 4.98 Å². The maximum atomic E-state index is 4.37. The molecule has 2 aromatic rings. The number of hydrogen-bond acceptors (Lipinski definition) is 1. The summed E-state index contributed by atoms with van der Waals surface area (Å²) in [7, 11) is 0. The Kier molecular flexibility index (Phi) is 2.72. The van der Waals surface area contributed by atoms with E-state index in [0.717, 1.165) is 5.52 Å². The topological polar surface area (TPSA) is 12.9 Å². The maximum absolute atomic E-state index is 4.37. The number of aryl methyl sites for hydroxylation is 1. The van der Waals surface area contributed by atoms with Crippen molar-refractivity contribution in [2.45, 2.75) is 33.1 Å². The zero-order chi connectivity index (χ0) is 10.8. The van der Waals surface area contributed by atoms with Gasteiger partial charge in [0.15, 0.2) is 0 Å². The van der Waals surface area contributed by atoms with E-state index in [1.807, 2.05) is 6.20 Å². The van der Waals surface area contributed by atoms with Gasteiger partial charge in [-0.3, -0.25) is 4.98 Å². The second-order valence-electron chi connectivity index (χ2n) is 4.21. The highest BCUT2D eigenvalue weighted by atomic mass is 14.6. The van der Waals surface area contributed by atoms with Crippen molar-refractivity contribution in [2.75, 3.05) is 0 Å². The van der Waals surface area contributed by atoms with Crippen LogP contribution in [0, 0.1) is 6.92 Å². The molecule has 0 saturated carbocycles. The van der Waals surface area contributed by atoms with Crippen LogP contribution in [-0.2, 0) is 0 Å². The predicted molar refractivity (Wildman–Crippen MR) is 65.2 cm³/mol. The molecule has 0 bridgehead atoms. The molecule has 0 unspecified atom stereocenters. The van der Waals surface area contributed by atoms with Crippen molar-refractivity contribution in [1.29, 1.82) is 0 Å². The second kappa shape index (κ2) is 4.01. The molecule has 1 atom stereocenters. The van der Waals surface area contributed by atoms with Gasteiger partial charge >= 0.3 is 0 Å². The lowest BCUT2D eigenvalue weighted by Crippen LogP contribution is -1.92. The van der Waals surface area contributed by atoms with E-state index < -0.39 is 0 Å².